The van der Waals surface area contributed by atoms with E-state index in [0.717, 1.165) is 12.8 Å². The molecular formula is C15H30KO2. The first kappa shape index (κ1) is 21.4. The Morgan fingerprint density at radius 1 is 0.722 bits per heavy atom. The zero-order valence-electron chi connectivity index (χ0n) is 12.5. The van der Waals surface area contributed by atoms with Crippen LogP contribution in [0.1, 0.15) is 90.4 Å². The molecule has 18 heavy (non-hydrogen) atoms. The summed E-state index contributed by atoms with van der Waals surface area (Å²) < 4.78 is 0. The predicted octanol–water partition coefficient (Wildman–Crippen LogP) is 4.78. The third-order valence-electron chi connectivity index (χ3n) is 3.24. The zero-order chi connectivity index (χ0) is 12.8. The summed E-state index contributed by atoms with van der Waals surface area (Å²) in [4.78, 5) is 10.3. The van der Waals surface area contributed by atoms with Crippen LogP contribution < -0.4 is 0 Å². The molecule has 0 bridgehead atoms. The molecule has 0 saturated heterocycles. The van der Waals surface area contributed by atoms with Gasteiger partial charge in [-0.1, -0.05) is 77.6 Å². The third kappa shape index (κ3) is 19.4. The van der Waals surface area contributed by atoms with Crippen LogP contribution >= 0.6 is 0 Å². The molecule has 1 radical (unpaired) electrons. The van der Waals surface area contributed by atoms with E-state index in [1.165, 1.54) is 64.2 Å². The van der Waals surface area contributed by atoms with E-state index in [-0.39, 0.29) is 51.4 Å². The van der Waals surface area contributed by atoms with E-state index in [2.05, 4.69) is 6.92 Å². The van der Waals surface area contributed by atoms with Crippen molar-refractivity contribution in [3.8, 4) is 0 Å². The number of carboxylic acids is 1. The molecule has 2 nitrogen and oxygen atoms in total. The monoisotopic (exact) mass is 281 g/mol. The summed E-state index contributed by atoms with van der Waals surface area (Å²) in [6.45, 7) is 2.25. The van der Waals surface area contributed by atoms with Gasteiger partial charge in [0.25, 0.3) is 0 Å². The van der Waals surface area contributed by atoms with Gasteiger partial charge in [-0.2, -0.15) is 0 Å². The minimum atomic E-state index is -0.655. The Hall–Kier alpha value is 1.11. The average Bonchev–Trinajstić information content (AvgIpc) is 2.30. The average molecular weight is 282 g/mol. The van der Waals surface area contributed by atoms with Gasteiger partial charge in [0.1, 0.15) is 0 Å². The van der Waals surface area contributed by atoms with Gasteiger partial charge in [0.2, 0.25) is 0 Å². The zero-order valence-corrected chi connectivity index (χ0v) is 15.7. The van der Waals surface area contributed by atoms with Gasteiger partial charge in [0.15, 0.2) is 0 Å². The van der Waals surface area contributed by atoms with E-state index in [4.69, 9.17) is 5.11 Å². The van der Waals surface area contributed by atoms with Crippen molar-refractivity contribution in [2.75, 3.05) is 0 Å². The van der Waals surface area contributed by atoms with Crippen LogP contribution in [0, 0.1) is 0 Å². The Bertz CT molecular complexity index is 172. The molecule has 0 saturated carbocycles. The molecule has 0 aliphatic heterocycles. The van der Waals surface area contributed by atoms with Crippen LogP contribution in [0.25, 0.3) is 0 Å². The van der Waals surface area contributed by atoms with Crippen molar-refractivity contribution in [1.29, 1.82) is 0 Å². The molecule has 0 rings (SSSR count). The molecule has 0 amide bonds. The molecule has 103 valence electrons. The van der Waals surface area contributed by atoms with E-state index in [0.29, 0.717) is 6.42 Å². The first-order valence-electron chi connectivity index (χ1n) is 7.49. The van der Waals surface area contributed by atoms with E-state index in [1.54, 1.807) is 0 Å². The fourth-order valence-electron chi connectivity index (χ4n) is 2.12. The molecule has 0 aromatic carbocycles. The third-order valence-corrected chi connectivity index (χ3v) is 3.24. The summed E-state index contributed by atoms with van der Waals surface area (Å²) in [6.07, 6.45) is 15.8. The standard InChI is InChI=1S/C15H30O2.K/c1-2-3-4-5-6-7-8-9-10-11-12-13-14-15(16)17;/h2-14H2,1H3,(H,16,17);. The number of unbranched alkanes of at least 4 members (excludes halogenated alkanes) is 11. The molecule has 0 spiro atoms. The van der Waals surface area contributed by atoms with Gasteiger partial charge in [-0.3, -0.25) is 4.79 Å². The number of carboxylic acid groups (broad SMARTS) is 1. The number of carbonyl (C=O) groups is 1. The minimum Gasteiger partial charge on any atom is -0.481 e. The normalized spacial score (nSPS) is 10.1. The summed E-state index contributed by atoms with van der Waals surface area (Å²) >= 11 is 0. The first-order chi connectivity index (χ1) is 8.27. The Kier molecular flexibility index (Phi) is 21.5. The van der Waals surface area contributed by atoms with Gasteiger partial charge < -0.3 is 5.11 Å². The maximum atomic E-state index is 10.3. The van der Waals surface area contributed by atoms with Crippen molar-refractivity contribution < 1.29 is 9.90 Å². The van der Waals surface area contributed by atoms with Gasteiger partial charge >= 0.3 is 5.97 Å². The molecule has 0 unspecified atom stereocenters. The van der Waals surface area contributed by atoms with E-state index in [1.807, 2.05) is 0 Å². The summed E-state index contributed by atoms with van der Waals surface area (Å²) in [6, 6.07) is 0. The van der Waals surface area contributed by atoms with Crippen LogP contribution in [0.5, 0.6) is 0 Å². The maximum Gasteiger partial charge on any atom is 0.303 e. The number of hydrogen-bond acceptors (Lipinski definition) is 1. The summed E-state index contributed by atoms with van der Waals surface area (Å²) in [5.74, 6) is -0.655. The summed E-state index contributed by atoms with van der Waals surface area (Å²) in [5, 5.41) is 8.47. The van der Waals surface area contributed by atoms with Crippen LogP contribution in [0.4, 0.5) is 0 Å². The number of rotatable bonds is 13. The summed E-state index contributed by atoms with van der Waals surface area (Å²) in [7, 11) is 0. The maximum absolute atomic E-state index is 10.3. The van der Waals surface area contributed by atoms with E-state index < -0.39 is 5.97 Å². The van der Waals surface area contributed by atoms with Crippen LogP contribution in [0.2, 0.25) is 0 Å². The summed E-state index contributed by atoms with van der Waals surface area (Å²) in [5.41, 5.74) is 0. The Labute approximate surface area is 156 Å². The van der Waals surface area contributed by atoms with E-state index in [9.17, 15) is 4.79 Å². The molecule has 0 heterocycles. The van der Waals surface area contributed by atoms with E-state index >= 15 is 0 Å². The molecule has 0 atom stereocenters. The minimum absolute atomic E-state index is 0. The molecule has 0 fully saturated rings. The van der Waals surface area contributed by atoms with Crippen molar-refractivity contribution in [2.24, 2.45) is 0 Å². The van der Waals surface area contributed by atoms with Gasteiger partial charge in [0, 0.05) is 57.8 Å². The first-order valence-corrected chi connectivity index (χ1v) is 7.49. The van der Waals surface area contributed by atoms with Crippen molar-refractivity contribution >= 4 is 57.4 Å². The number of hydrogen-bond donors (Lipinski definition) is 1. The predicted molar refractivity (Wildman–Crippen MR) is 79.1 cm³/mol. The fraction of sp³-hybridized carbons (Fsp3) is 0.933. The second kappa shape index (κ2) is 18.1. The van der Waals surface area contributed by atoms with Crippen LogP contribution in [0.15, 0.2) is 0 Å². The Morgan fingerprint density at radius 3 is 1.39 bits per heavy atom. The van der Waals surface area contributed by atoms with Crippen LogP contribution in [-0.2, 0) is 4.79 Å². The van der Waals surface area contributed by atoms with Crippen molar-refractivity contribution in [2.45, 2.75) is 90.4 Å². The quantitative estimate of drug-likeness (QED) is 0.389. The second-order valence-electron chi connectivity index (χ2n) is 5.03. The molecule has 0 aromatic rings. The molecule has 0 aliphatic carbocycles. The molecule has 0 aromatic heterocycles. The van der Waals surface area contributed by atoms with Crippen molar-refractivity contribution in [3.05, 3.63) is 0 Å². The molecule has 0 aliphatic rings. The Morgan fingerprint density at radius 2 is 1.06 bits per heavy atom. The smallest absolute Gasteiger partial charge is 0.303 e. The number of aliphatic carboxylic acids is 1. The largest absolute Gasteiger partial charge is 0.481 e. The van der Waals surface area contributed by atoms with Gasteiger partial charge in [-0.25, -0.2) is 0 Å². The van der Waals surface area contributed by atoms with Crippen molar-refractivity contribution in [3.63, 3.8) is 0 Å². The second-order valence-corrected chi connectivity index (χ2v) is 5.03. The van der Waals surface area contributed by atoms with Gasteiger partial charge in [0.05, 0.1) is 0 Å². The topological polar surface area (TPSA) is 37.3 Å². The molecular weight excluding hydrogens is 251 g/mol. The Balaban J connectivity index is 0. The van der Waals surface area contributed by atoms with Crippen LogP contribution in [-0.4, -0.2) is 62.5 Å². The van der Waals surface area contributed by atoms with Gasteiger partial charge in [-0.05, 0) is 6.42 Å². The van der Waals surface area contributed by atoms with Gasteiger partial charge in [-0.15, -0.1) is 0 Å². The molecule has 1 N–H and O–H groups in total. The van der Waals surface area contributed by atoms with Crippen LogP contribution in [0.3, 0.4) is 0 Å². The fourth-order valence-corrected chi connectivity index (χ4v) is 2.12. The van der Waals surface area contributed by atoms with Crippen molar-refractivity contribution in [1.82, 2.24) is 0 Å². The SMILES string of the molecule is CCCCCCCCCCCCCCC(=O)O.[K]. The molecule has 3 heteroatoms.